The predicted molar refractivity (Wildman–Crippen MR) is 86.7 cm³/mol. The Morgan fingerprint density at radius 3 is 2.48 bits per heavy atom. The van der Waals surface area contributed by atoms with E-state index in [-0.39, 0.29) is 6.04 Å². The number of benzene rings is 1. The highest BCUT2D eigenvalue weighted by Gasteiger charge is 2.14. The van der Waals surface area contributed by atoms with Crippen molar-refractivity contribution >= 4 is 0 Å². The van der Waals surface area contributed by atoms with Crippen LogP contribution >= 0.6 is 0 Å². The molecule has 0 aliphatic heterocycles. The zero-order valence-corrected chi connectivity index (χ0v) is 13.1. The second-order valence-electron chi connectivity index (χ2n) is 5.09. The van der Waals surface area contributed by atoms with Crippen LogP contribution in [-0.2, 0) is 0 Å². The van der Waals surface area contributed by atoms with Crippen LogP contribution in [0.3, 0.4) is 0 Å². The quantitative estimate of drug-likeness (QED) is 0.838. The number of ether oxygens (including phenoxy) is 1. The van der Waals surface area contributed by atoms with Gasteiger partial charge in [-0.15, -0.1) is 0 Å². The predicted octanol–water partition coefficient (Wildman–Crippen LogP) is 3.88. The van der Waals surface area contributed by atoms with E-state index in [0.29, 0.717) is 6.61 Å². The SMILES string of the molecule is CCCNC(c1ccc(OCC)cc1)c1cccc(C)n1. The molecule has 3 heteroatoms. The number of pyridine rings is 1. The highest BCUT2D eigenvalue weighted by atomic mass is 16.5. The minimum Gasteiger partial charge on any atom is -0.494 e. The molecule has 1 unspecified atom stereocenters. The van der Waals surface area contributed by atoms with Crippen molar-refractivity contribution in [3.63, 3.8) is 0 Å². The largest absolute Gasteiger partial charge is 0.494 e. The molecule has 21 heavy (non-hydrogen) atoms. The minimum atomic E-state index is 0.125. The first-order valence-electron chi connectivity index (χ1n) is 7.64. The van der Waals surface area contributed by atoms with Gasteiger partial charge in [0.1, 0.15) is 5.75 Å². The molecular weight excluding hydrogens is 260 g/mol. The number of hydrogen-bond donors (Lipinski definition) is 1. The number of rotatable bonds is 7. The molecule has 0 amide bonds. The van der Waals surface area contributed by atoms with Crippen molar-refractivity contribution in [3.8, 4) is 5.75 Å². The van der Waals surface area contributed by atoms with E-state index in [2.05, 4.69) is 41.5 Å². The Morgan fingerprint density at radius 2 is 1.86 bits per heavy atom. The van der Waals surface area contributed by atoms with Crippen LogP contribution in [0.1, 0.15) is 43.3 Å². The molecule has 1 aromatic carbocycles. The van der Waals surface area contributed by atoms with Crippen molar-refractivity contribution in [2.45, 2.75) is 33.2 Å². The molecule has 1 heterocycles. The maximum atomic E-state index is 5.51. The zero-order chi connectivity index (χ0) is 15.1. The lowest BCUT2D eigenvalue weighted by Gasteiger charge is -2.19. The van der Waals surface area contributed by atoms with Crippen molar-refractivity contribution in [2.75, 3.05) is 13.2 Å². The Labute approximate surface area is 127 Å². The molecule has 0 aliphatic carbocycles. The summed E-state index contributed by atoms with van der Waals surface area (Å²) in [4.78, 5) is 4.67. The lowest BCUT2D eigenvalue weighted by molar-refractivity contribution is 0.340. The van der Waals surface area contributed by atoms with Gasteiger partial charge in [0.05, 0.1) is 18.3 Å². The van der Waals surface area contributed by atoms with E-state index in [4.69, 9.17) is 4.74 Å². The second-order valence-corrected chi connectivity index (χ2v) is 5.09. The van der Waals surface area contributed by atoms with Gasteiger partial charge in [-0.1, -0.05) is 25.1 Å². The summed E-state index contributed by atoms with van der Waals surface area (Å²) >= 11 is 0. The van der Waals surface area contributed by atoms with E-state index in [0.717, 1.165) is 30.1 Å². The fraction of sp³-hybridized carbons (Fsp3) is 0.389. The molecule has 1 aromatic heterocycles. The van der Waals surface area contributed by atoms with Gasteiger partial charge < -0.3 is 10.1 Å². The van der Waals surface area contributed by atoms with Crippen molar-refractivity contribution in [1.82, 2.24) is 10.3 Å². The van der Waals surface area contributed by atoms with Crippen molar-refractivity contribution < 1.29 is 4.74 Å². The third-order valence-electron chi connectivity index (χ3n) is 3.33. The Bertz CT molecular complexity index is 551. The molecule has 0 spiro atoms. The molecule has 1 N–H and O–H groups in total. The van der Waals surface area contributed by atoms with Crippen LogP contribution in [0.15, 0.2) is 42.5 Å². The first-order valence-corrected chi connectivity index (χ1v) is 7.64. The van der Waals surface area contributed by atoms with Gasteiger partial charge in [0.15, 0.2) is 0 Å². The highest BCUT2D eigenvalue weighted by Crippen LogP contribution is 2.23. The number of aryl methyl sites for hydroxylation is 1. The maximum Gasteiger partial charge on any atom is 0.119 e. The Balaban J connectivity index is 2.26. The van der Waals surface area contributed by atoms with E-state index in [1.165, 1.54) is 5.56 Å². The summed E-state index contributed by atoms with van der Waals surface area (Å²) < 4.78 is 5.51. The molecule has 0 bridgehead atoms. The second kappa shape index (κ2) is 7.79. The summed E-state index contributed by atoms with van der Waals surface area (Å²) in [5.41, 5.74) is 3.32. The topological polar surface area (TPSA) is 34.1 Å². The molecule has 0 aliphatic rings. The van der Waals surface area contributed by atoms with Gasteiger partial charge in [0.2, 0.25) is 0 Å². The molecule has 0 saturated carbocycles. The van der Waals surface area contributed by atoms with Crippen LogP contribution in [0.25, 0.3) is 0 Å². The van der Waals surface area contributed by atoms with Gasteiger partial charge in [-0.3, -0.25) is 4.98 Å². The minimum absolute atomic E-state index is 0.125. The third-order valence-corrected chi connectivity index (χ3v) is 3.33. The lowest BCUT2D eigenvalue weighted by Crippen LogP contribution is -2.24. The average Bonchev–Trinajstić information content (AvgIpc) is 2.50. The van der Waals surface area contributed by atoms with E-state index >= 15 is 0 Å². The van der Waals surface area contributed by atoms with Crippen LogP contribution in [0.5, 0.6) is 5.75 Å². The van der Waals surface area contributed by atoms with E-state index in [1.54, 1.807) is 0 Å². The Hall–Kier alpha value is -1.87. The summed E-state index contributed by atoms with van der Waals surface area (Å²) in [6.07, 6.45) is 1.10. The van der Waals surface area contributed by atoms with Crippen molar-refractivity contribution in [3.05, 3.63) is 59.4 Å². The van der Waals surface area contributed by atoms with Crippen molar-refractivity contribution in [1.29, 1.82) is 0 Å². The Kier molecular flexibility index (Phi) is 5.76. The first kappa shape index (κ1) is 15.5. The van der Waals surface area contributed by atoms with Crippen LogP contribution in [0.4, 0.5) is 0 Å². The number of nitrogens with one attached hydrogen (secondary N) is 1. The summed E-state index contributed by atoms with van der Waals surface area (Å²) in [5, 5.41) is 3.58. The fourth-order valence-electron chi connectivity index (χ4n) is 2.33. The summed E-state index contributed by atoms with van der Waals surface area (Å²) in [6, 6.07) is 14.6. The number of hydrogen-bond acceptors (Lipinski definition) is 3. The van der Waals surface area contributed by atoms with Crippen LogP contribution in [0.2, 0.25) is 0 Å². The molecule has 3 nitrogen and oxygen atoms in total. The average molecular weight is 284 g/mol. The molecular formula is C18H24N2O. The first-order chi connectivity index (χ1) is 10.2. The fourth-order valence-corrected chi connectivity index (χ4v) is 2.33. The van der Waals surface area contributed by atoms with Gasteiger partial charge >= 0.3 is 0 Å². The molecule has 112 valence electrons. The van der Waals surface area contributed by atoms with Gasteiger partial charge in [0, 0.05) is 5.69 Å². The van der Waals surface area contributed by atoms with E-state index in [9.17, 15) is 0 Å². The van der Waals surface area contributed by atoms with Crippen LogP contribution < -0.4 is 10.1 Å². The van der Waals surface area contributed by atoms with Gasteiger partial charge in [-0.25, -0.2) is 0 Å². The van der Waals surface area contributed by atoms with E-state index in [1.807, 2.05) is 32.0 Å². The number of aromatic nitrogens is 1. The molecule has 1 atom stereocenters. The third kappa shape index (κ3) is 4.30. The lowest BCUT2D eigenvalue weighted by atomic mass is 10.0. The molecule has 0 saturated heterocycles. The summed E-state index contributed by atoms with van der Waals surface area (Å²) in [5.74, 6) is 0.910. The number of nitrogens with zero attached hydrogens (tertiary/aromatic N) is 1. The van der Waals surface area contributed by atoms with Gasteiger partial charge in [-0.05, 0) is 56.6 Å². The summed E-state index contributed by atoms with van der Waals surface area (Å²) in [6.45, 7) is 7.85. The normalized spacial score (nSPS) is 12.1. The Morgan fingerprint density at radius 1 is 1.10 bits per heavy atom. The highest BCUT2D eigenvalue weighted by molar-refractivity contribution is 5.33. The molecule has 2 rings (SSSR count). The molecule has 2 aromatic rings. The van der Waals surface area contributed by atoms with Gasteiger partial charge in [0.25, 0.3) is 0 Å². The molecule has 0 fully saturated rings. The standard InChI is InChI=1S/C18H24N2O/c1-4-13-19-18(17-8-6-7-14(3)20-17)15-9-11-16(12-10-15)21-5-2/h6-12,18-19H,4-5,13H2,1-3H3. The summed E-state index contributed by atoms with van der Waals surface area (Å²) in [7, 11) is 0. The maximum absolute atomic E-state index is 5.51. The monoisotopic (exact) mass is 284 g/mol. The van der Waals surface area contributed by atoms with Gasteiger partial charge in [-0.2, -0.15) is 0 Å². The van der Waals surface area contributed by atoms with Crippen LogP contribution in [-0.4, -0.2) is 18.1 Å². The van der Waals surface area contributed by atoms with Crippen LogP contribution in [0, 0.1) is 6.92 Å². The molecule has 0 radical (unpaired) electrons. The zero-order valence-electron chi connectivity index (χ0n) is 13.1. The van der Waals surface area contributed by atoms with E-state index < -0.39 is 0 Å². The smallest absolute Gasteiger partial charge is 0.119 e. The van der Waals surface area contributed by atoms with Crippen molar-refractivity contribution in [2.24, 2.45) is 0 Å².